The largest absolute Gasteiger partial charge is 0.481 e. The van der Waals surface area contributed by atoms with Crippen LogP contribution in [0.1, 0.15) is 35.7 Å². The lowest BCUT2D eigenvalue weighted by Crippen LogP contribution is -2.50. The van der Waals surface area contributed by atoms with E-state index >= 15 is 0 Å². The minimum Gasteiger partial charge on any atom is -0.481 e. The maximum atomic E-state index is 12.2. The Bertz CT molecular complexity index is 489. The summed E-state index contributed by atoms with van der Waals surface area (Å²) in [6.07, 6.45) is 1.32. The molecule has 0 aliphatic carbocycles. The molecule has 0 spiro atoms. The van der Waals surface area contributed by atoms with Gasteiger partial charge in [0.15, 0.2) is 0 Å². The average molecular weight is 277 g/mol. The number of carbonyl (C=O) groups excluding carboxylic acids is 1. The van der Waals surface area contributed by atoms with Gasteiger partial charge in [-0.15, -0.1) is 0 Å². The Morgan fingerprint density at radius 2 is 2.05 bits per heavy atom. The van der Waals surface area contributed by atoms with E-state index in [2.05, 4.69) is 5.32 Å². The van der Waals surface area contributed by atoms with Gasteiger partial charge in [0, 0.05) is 12.2 Å². The van der Waals surface area contributed by atoms with E-state index in [0.717, 1.165) is 12.0 Å². The van der Waals surface area contributed by atoms with E-state index in [1.54, 1.807) is 12.1 Å². The second kappa shape index (κ2) is 6.05. The first-order valence-corrected chi connectivity index (χ1v) is 6.76. The summed E-state index contributed by atoms with van der Waals surface area (Å²) in [5.74, 6) is -1.18. The van der Waals surface area contributed by atoms with E-state index in [9.17, 15) is 9.59 Å². The monoisotopic (exact) mass is 277 g/mol. The number of benzene rings is 1. The van der Waals surface area contributed by atoms with E-state index in [4.69, 9.17) is 9.84 Å². The summed E-state index contributed by atoms with van der Waals surface area (Å²) in [6.45, 7) is 2.77. The van der Waals surface area contributed by atoms with Gasteiger partial charge in [0.2, 0.25) is 0 Å². The van der Waals surface area contributed by atoms with Crippen LogP contribution in [-0.4, -0.2) is 35.7 Å². The van der Waals surface area contributed by atoms with Gasteiger partial charge in [-0.25, -0.2) is 0 Å². The number of hydrogen-bond acceptors (Lipinski definition) is 3. The summed E-state index contributed by atoms with van der Waals surface area (Å²) >= 11 is 0. The fraction of sp³-hybridized carbons (Fsp3) is 0.467. The van der Waals surface area contributed by atoms with Gasteiger partial charge < -0.3 is 15.2 Å². The van der Waals surface area contributed by atoms with Crippen LogP contribution >= 0.6 is 0 Å². The third-order valence-electron chi connectivity index (χ3n) is 3.60. The first kappa shape index (κ1) is 14.5. The highest BCUT2D eigenvalue weighted by molar-refractivity contribution is 5.95. The first-order valence-electron chi connectivity index (χ1n) is 6.76. The summed E-state index contributed by atoms with van der Waals surface area (Å²) in [6, 6.07) is 7.34. The van der Waals surface area contributed by atoms with Crippen LogP contribution in [0.15, 0.2) is 24.3 Å². The number of nitrogens with one attached hydrogen (secondary N) is 1. The Balaban J connectivity index is 2.09. The van der Waals surface area contributed by atoms with Crippen molar-refractivity contribution in [3.8, 4) is 0 Å². The summed E-state index contributed by atoms with van der Waals surface area (Å²) < 4.78 is 5.26. The van der Waals surface area contributed by atoms with Crippen molar-refractivity contribution >= 4 is 11.9 Å². The molecule has 2 N–H and O–H groups in total. The minimum atomic E-state index is -0.933. The number of hydrogen-bond donors (Lipinski definition) is 2. The maximum absolute atomic E-state index is 12.2. The van der Waals surface area contributed by atoms with Crippen LogP contribution in [0.25, 0.3) is 0 Å². The maximum Gasteiger partial charge on any atom is 0.305 e. The molecule has 1 aromatic rings. The van der Waals surface area contributed by atoms with Gasteiger partial charge >= 0.3 is 5.97 Å². The highest BCUT2D eigenvalue weighted by Crippen LogP contribution is 2.23. The highest BCUT2D eigenvalue weighted by atomic mass is 16.5. The summed E-state index contributed by atoms with van der Waals surface area (Å²) in [5, 5.41) is 11.8. The minimum absolute atomic E-state index is 0.119. The number of carboxylic acids is 1. The summed E-state index contributed by atoms with van der Waals surface area (Å²) in [5.41, 5.74) is 0.914. The van der Waals surface area contributed by atoms with Gasteiger partial charge in [0.25, 0.3) is 5.91 Å². The third-order valence-corrected chi connectivity index (χ3v) is 3.60. The highest BCUT2D eigenvalue weighted by Gasteiger charge is 2.38. The van der Waals surface area contributed by atoms with E-state index in [1.165, 1.54) is 0 Å². The number of carboxylic acid groups (broad SMARTS) is 1. The van der Waals surface area contributed by atoms with Crippen molar-refractivity contribution in [2.45, 2.75) is 31.7 Å². The zero-order valence-electron chi connectivity index (χ0n) is 11.5. The fourth-order valence-corrected chi connectivity index (χ4v) is 2.38. The molecule has 1 aromatic carbocycles. The van der Waals surface area contributed by atoms with Crippen LogP contribution in [0, 0.1) is 0 Å². The van der Waals surface area contributed by atoms with Gasteiger partial charge in [0.1, 0.15) is 0 Å². The lowest BCUT2D eigenvalue weighted by molar-refractivity contribution is -0.138. The van der Waals surface area contributed by atoms with Crippen LogP contribution in [-0.2, 0) is 16.0 Å². The molecule has 1 fully saturated rings. The average Bonchev–Trinajstić information content (AvgIpc) is 2.86. The van der Waals surface area contributed by atoms with Crippen molar-refractivity contribution in [2.24, 2.45) is 0 Å². The van der Waals surface area contributed by atoms with Crippen molar-refractivity contribution in [2.75, 3.05) is 13.2 Å². The topological polar surface area (TPSA) is 75.6 Å². The zero-order valence-corrected chi connectivity index (χ0v) is 11.5. The first-order chi connectivity index (χ1) is 9.54. The SMILES string of the molecule is CCc1ccc(C(=O)NC2(CC(=O)O)CCOC2)cc1. The fourth-order valence-electron chi connectivity index (χ4n) is 2.38. The normalized spacial score (nSPS) is 21.6. The molecule has 1 amide bonds. The number of aliphatic carboxylic acids is 1. The molecular weight excluding hydrogens is 258 g/mol. The van der Waals surface area contributed by atoms with Crippen molar-refractivity contribution in [1.82, 2.24) is 5.32 Å². The predicted molar refractivity (Wildman–Crippen MR) is 73.7 cm³/mol. The quantitative estimate of drug-likeness (QED) is 0.857. The van der Waals surface area contributed by atoms with E-state index < -0.39 is 11.5 Å². The second-order valence-electron chi connectivity index (χ2n) is 5.16. The van der Waals surface area contributed by atoms with Gasteiger partial charge in [0.05, 0.1) is 18.6 Å². The Morgan fingerprint density at radius 3 is 2.55 bits per heavy atom. The van der Waals surface area contributed by atoms with E-state index in [-0.39, 0.29) is 18.9 Å². The van der Waals surface area contributed by atoms with E-state index in [0.29, 0.717) is 18.6 Å². The second-order valence-corrected chi connectivity index (χ2v) is 5.16. The van der Waals surface area contributed by atoms with Gasteiger partial charge in [-0.3, -0.25) is 9.59 Å². The third kappa shape index (κ3) is 3.36. The van der Waals surface area contributed by atoms with Gasteiger partial charge in [-0.1, -0.05) is 19.1 Å². The molecule has 1 atom stereocenters. The van der Waals surface area contributed by atoms with Crippen molar-refractivity contribution in [3.63, 3.8) is 0 Å². The molecule has 108 valence electrons. The van der Waals surface area contributed by atoms with Crippen LogP contribution in [0.3, 0.4) is 0 Å². The van der Waals surface area contributed by atoms with E-state index in [1.807, 2.05) is 19.1 Å². The molecule has 1 saturated heterocycles. The van der Waals surface area contributed by atoms with Crippen LogP contribution in [0.2, 0.25) is 0 Å². The summed E-state index contributed by atoms with van der Waals surface area (Å²) in [7, 11) is 0. The number of ether oxygens (including phenoxy) is 1. The molecule has 0 bridgehead atoms. The molecular formula is C15H19NO4. The number of amides is 1. The predicted octanol–water partition coefficient (Wildman–Crippen LogP) is 1.61. The number of rotatable bonds is 5. The van der Waals surface area contributed by atoms with Crippen molar-refractivity contribution in [1.29, 1.82) is 0 Å². The number of carbonyl (C=O) groups is 2. The molecule has 2 rings (SSSR count). The standard InChI is InChI=1S/C15H19NO4/c1-2-11-3-5-12(6-4-11)14(19)16-15(9-13(17)18)7-8-20-10-15/h3-6H,2,7-10H2,1H3,(H,16,19)(H,17,18). The Labute approximate surface area is 117 Å². The summed E-state index contributed by atoms with van der Waals surface area (Å²) in [4.78, 5) is 23.2. The van der Waals surface area contributed by atoms with Gasteiger partial charge in [-0.05, 0) is 30.5 Å². The van der Waals surface area contributed by atoms with Crippen LogP contribution < -0.4 is 5.32 Å². The zero-order chi connectivity index (χ0) is 14.6. The van der Waals surface area contributed by atoms with Crippen LogP contribution in [0.5, 0.6) is 0 Å². The lowest BCUT2D eigenvalue weighted by Gasteiger charge is -2.27. The molecule has 20 heavy (non-hydrogen) atoms. The molecule has 0 aromatic heterocycles. The Hall–Kier alpha value is -1.88. The molecule has 1 aliphatic heterocycles. The lowest BCUT2D eigenvalue weighted by atomic mass is 9.93. The molecule has 1 unspecified atom stereocenters. The molecule has 1 heterocycles. The molecule has 0 saturated carbocycles. The molecule has 5 nitrogen and oxygen atoms in total. The van der Waals surface area contributed by atoms with Gasteiger partial charge in [-0.2, -0.15) is 0 Å². The number of aryl methyl sites for hydroxylation is 1. The Kier molecular flexibility index (Phi) is 4.39. The van der Waals surface area contributed by atoms with Crippen molar-refractivity contribution in [3.05, 3.63) is 35.4 Å². The molecule has 1 aliphatic rings. The Morgan fingerprint density at radius 1 is 1.35 bits per heavy atom. The molecule has 0 radical (unpaired) electrons. The van der Waals surface area contributed by atoms with Crippen molar-refractivity contribution < 1.29 is 19.4 Å². The molecule has 5 heteroatoms. The smallest absolute Gasteiger partial charge is 0.305 e. The van der Waals surface area contributed by atoms with Crippen LogP contribution in [0.4, 0.5) is 0 Å².